The van der Waals surface area contributed by atoms with Gasteiger partial charge in [-0.3, -0.25) is 0 Å². The molecular weight excluding hydrogens is 284 g/mol. The molecular formula is C13H19ClN2O2S. The predicted molar refractivity (Wildman–Crippen MR) is 77.6 cm³/mol. The Bertz CT molecular complexity index is 556. The van der Waals surface area contributed by atoms with Gasteiger partial charge in [0.1, 0.15) is 0 Å². The van der Waals surface area contributed by atoms with E-state index in [9.17, 15) is 8.42 Å². The van der Waals surface area contributed by atoms with Gasteiger partial charge in [0.05, 0.1) is 15.6 Å². The summed E-state index contributed by atoms with van der Waals surface area (Å²) in [6, 6.07) is 4.49. The largest absolute Gasteiger partial charge is 0.398 e. The number of benzene rings is 1. The van der Waals surface area contributed by atoms with Gasteiger partial charge < -0.3 is 5.73 Å². The summed E-state index contributed by atoms with van der Waals surface area (Å²) in [7, 11) is -3.46. The summed E-state index contributed by atoms with van der Waals surface area (Å²) >= 11 is 5.91. The fourth-order valence-corrected chi connectivity index (χ4v) is 3.84. The summed E-state index contributed by atoms with van der Waals surface area (Å²) in [5, 5.41) is 0.281. The molecule has 0 unspecified atom stereocenters. The minimum Gasteiger partial charge on any atom is -0.398 e. The van der Waals surface area contributed by atoms with Gasteiger partial charge in [0.25, 0.3) is 0 Å². The lowest BCUT2D eigenvalue weighted by atomic mass is 10.3. The zero-order chi connectivity index (χ0) is 14.0. The Morgan fingerprint density at radius 3 is 2.63 bits per heavy atom. The van der Waals surface area contributed by atoms with Gasteiger partial charge in [-0.05, 0) is 43.4 Å². The molecule has 2 rings (SSSR count). The third-order valence-corrected chi connectivity index (χ3v) is 5.43. The molecule has 1 aliphatic carbocycles. The minimum atomic E-state index is -3.46. The Kier molecular flexibility index (Phi) is 4.38. The standard InChI is InChI=1S/C13H19ClN2O2S/c1-2-7-16(9-10-3-4-10)19(17,18)11-5-6-13(15)12(14)8-11/h5-6,8,10H,2-4,7,9,15H2,1H3. The lowest BCUT2D eigenvalue weighted by Crippen LogP contribution is -2.33. The second kappa shape index (κ2) is 5.69. The molecule has 106 valence electrons. The molecule has 1 fully saturated rings. The van der Waals surface area contributed by atoms with Gasteiger partial charge in [0.15, 0.2) is 0 Å². The quantitative estimate of drug-likeness (QED) is 0.822. The molecule has 1 saturated carbocycles. The van der Waals surface area contributed by atoms with E-state index in [2.05, 4.69) is 0 Å². The minimum absolute atomic E-state index is 0.223. The molecule has 1 aliphatic rings. The number of halogens is 1. The van der Waals surface area contributed by atoms with E-state index < -0.39 is 10.0 Å². The van der Waals surface area contributed by atoms with Crippen molar-refractivity contribution in [3.05, 3.63) is 23.2 Å². The fraction of sp³-hybridized carbons (Fsp3) is 0.538. The Morgan fingerprint density at radius 1 is 1.42 bits per heavy atom. The summed E-state index contributed by atoms with van der Waals surface area (Å²) in [4.78, 5) is 0.223. The van der Waals surface area contributed by atoms with Crippen LogP contribution in [-0.4, -0.2) is 25.8 Å². The average Bonchev–Trinajstić information content (AvgIpc) is 3.16. The highest BCUT2D eigenvalue weighted by Gasteiger charge is 2.31. The molecule has 0 heterocycles. The zero-order valence-corrected chi connectivity index (χ0v) is 12.5. The van der Waals surface area contributed by atoms with Crippen LogP contribution >= 0.6 is 11.6 Å². The molecule has 0 amide bonds. The van der Waals surface area contributed by atoms with Crippen LogP contribution in [0, 0.1) is 5.92 Å². The van der Waals surface area contributed by atoms with Crippen LogP contribution in [0.15, 0.2) is 23.1 Å². The molecule has 0 bridgehead atoms. The molecule has 0 atom stereocenters. The van der Waals surface area contributed by atoms with Gasteiger partial charge in [-0.2, -0.15) is 4.31 Å². The van der Waals surface area contributed by atoms with Crippen molar-refractivity contribution in [2.75, 3.05) is 18.8 Å². The predicted octanol–water partition coefficient (Wildman–Crippen LogP) is 2.73. The average molecular weight is 303 g/mol. The summed E-state index contributed by atoms with van der Waals surface area (Å²) in [5.41, 5.74) is 6.01. The Labute approximate surface area is 119 Å². The monoisotopic (exact) mass is 302 g/mol. The first-order valence-corrected chi connectivity index (χ1v) is 8.32. The maximum Gasteiger partial charge on any atom is 0.243 e. The molecule has 6 heteroatoms. The van der Waals surface area contributed by atoms with E-state index in [1.807, 2.05) is 6.92 Å². The maximum atomic E-state index is 12.6. The second-order valence-corrected chi connectivity index (χ2v) is 7.33. The van der Waals surface area contributed by atoms with Crippen LogP contribution < -0.4 is 5.73 Å². The van der Waals surface area contributed by atoms with E-state index in [0.717, 1.165) is 19.3 Å². The second-order valence-electron chi connectivity index (χ2n) is 4.99. The van der Waals surface area contributed by atoms with Gasteiger partial charge in [-0.15, -0.1) is 0 Å². The number of nitrogen functional groups attached to an aromatic ring is 1. The van der Waals surface area contributed by atoms with Crippen molar-refractivity contribution in [1.82, 2.24) is 4.31 Å². The Morgan fingerprint density at radius 2 is 2.11 bits per heavy atom. The van der Waals surface area contributed by atoms with E-state index in [1.165, 1.54) is 18.2 Å². The number of anilines is 1. The van der Waals surface area contributed by atoms with Crippen LogP contribution in [0.4, 0.5) is 5.69 Å². The normalized spacial score (nSPS) is 15.9. The van der Waals surface area contributed by atoms with Crippen molar-refractivity contribution >= 4 is 27.3 Å². The van der Waals surface area contributed by atoms with E-state index >= 15 is 0 Å². The van der Waals surface area contributed by atoms with Gasteiger partial charge in [0, 0.05) is 13.1 Å². The number of nitrogens with two attached hydrogens (primary N) is 1. The van der Waals surface area contributed by atoms with E-state index in [4.69, 9.17) is 17.3 Å². The van der Waals surface area contributed by atoms with Crippen LogP contribution in [0.1, 0.15) is 26.2 Å². The zero-order valence-electron chi connectivity index (χ0n) is 11.0. The SMILES string of the molecule is CCCN(CC1CC1)S(=O)(=O)c1ccc(N)c(Cl)c1. The van der Waals surface area contributed by atoms with E-state index in [0.29, 0.717) is 24.7 Å². The van der Waals surface area contributed by atoms with Crippen LogP contribution in [0.3, 0.4) is 0 Å². The molecule has 4 nitrogen and oxygen atoms in total. The van der Waals surface area contributed by atoms with Crippen LogP contribution in [0.2, 0.25) is 5.02 Å². The van der Waals surface area contributed by atoms with Gasteiger partial charge in [0.2, 0.25) is 10.0 Å². The van der Waals surface area contributed by atoms with Gasteiger partial charge >= 0.3 is 0 Å². The van der Waals surface area contributed by atoms with Crippen molar-refractivity contribution in [3.8, 4) is 0 Å². The van der Waals surface area contributed by atoms with Crippen molar-refractivity contribution in [2.45, 2.75) is 31.1 Å². The number of nitrogens with zero attached hydrogens (tertiary/aromatic N) is 1. The molecule has 0 spiro atoms. The Balaban J connectivity index is 2.28. The van der Waals surface area contributed by atoms with Crippen molar-refractivity contribution < 1.29 is 8.42 Å². The first kappa shape index (κ1) is 14.6. The maximum absolute atomic E-state index is 12.6. The van der Waals surface area contributed by atoms with Gasteiger partial charge in [-0.1, -0.05) is 18.5 Å². The fourth-order valence-electron chi connectivity index (χ4n) is 1.96. The number of sulfonamides is 1. The molecule has 0 radical (unpaired) electrons. The molecule has 0 aliphatic heterocycles. The van der Waals surface area contributed by atoms with Crippen LogP contribution in [0.25, 0.3) is 0 Å². The number of hydrogen-bond acceptors (Lipinski definition) is 3. The van der Waals surface area contributed by atoms with E-state index in [1.54, 1.807) is 4.31 Å². The highest BCUT2D eigenvalue weighted by molar-refractivity contribution is 7.89. The van der Waals surface area contributed by atoms with Crippen molar-refractivity contribution in [2.24, 2.45) is 5.92 Å². The molecule has 1 aromatic rings. The summed E-state index contributed by atoms with van der Waals surface area (Å²) in [6.07, 6.45) is 3.05. The molecule has 1 aromatic carbocycles. The Hall–Kier alpha value is -0.780. The highest BCUT2D eigenvalue weighted by Crippen LogP contribution is 2.32. The first-order chi connectivity index (χ1) is 8.95. The van der Waals surface area contributed by atoms with Crippen molar-refractivity contribution in [1.29, 1.82) is 0 Å². The number of rotatable bonds is 6. The summed E-state index contributed by atoms with van der Waals surface area (Å²) in [5.74, 6) is 0.519. The van der Waals surface area contributed by atoms with Crippen LogP contribution in [-0.2, 0) is 10.0 Å². The van der Waals surface area contributed by atoms with E-state index in [-0.39, 0.29) is 9.92 Å². The lowest BCUT2D eigenvalue weighted by molar-refractivity contribution is 0.395. The summed E-state index contributed by atoms with van der Waals surface area (Å²) in [6.45, 7) is 3.13. The van der Waals surface area contributed by atoms with Crippen molar-refractivity contribution in [3.63, 3.8) is 0 Å². The smallest absolute Gasteiger partial charge is 0.243 e. The lowest BCUT2D eigenvalue weighted by Gasteiger charge is -2.21. The molecule has 19 heavy (non-hydrogen) atoms. The number of hydrogen-bond donors (Lipinski definition) is 1. The van der Waals surface area contributed by atoms with Gasteiger partial charge in [-0.25, -0.2) is 8.42 Å². The summed E-state index contributed by atoms with van der Waals surface area (Å²) < 4.78 is 26.7. The molecule has 0 aromatic heterocycles. The topological polar surface area (TPSA) is 63.4 Å². The molecule has 0 saturated heterocycles. The van der Waals surface area contributed by atoms with Crippen LogP contribution in [0.5, 0.6) is 0 Å². The third-order valence-electron chi connectivity index (χ3n) is 3.24. The highest BCUT2D eigenvalue weighted by atomic mass is 35.5. The molecule has 2 N–H and O–H groups in total. The third kappa shape index (κ3) is 3.41. The first-order valence-electron chi connectivity index (χ1n) is 6.50.